The molecule has 0 saturated carbocycles. The molecule has 2 amide bonds. The second kappa shape index (κ2) is 11.2. The zero-order valence-electron chi connectivity index (χ0n) is 24.1. The number of nitrogens with zero attached hydrogens (tertiary/aromatic N) is 7. The van der Waals surface area contributed by atoms with Crippen LogP contribution in [0.4, 0.5) is 40.8 Å². The molecule has 230 valence electrons. The van der Waals surface area contributed by atoms with Crippen molar-refractivity contribution in [2.45, 2.75) is 31.3 Å². The van der Waals surface area contributed by atoms with Gasteiger partial charge >= 0.3 is 12.2 Å². The summed E-state index contributed by atoms with van der Waals surface area (Å²) in [5.41, 5.74) is 3.04. The quantitative estimate of drug-likeness (QED) is 0.332. The number of hydrogen-bond donors (Lipinski definition) is 2. The molecule has 0 unspecified atom stereocenters. The van der Waals surface area contributed by atoms with Crippen LogP contribution in [0.1, 0.15) is 6.42 Å². The summed E-state index contributed by atoms with van der Waals surface area (Å²) in [5, 5.41) is 10.1. The first-order valence-corrected chi connectivity index (χ1v) is 14.6. The van der Waals surface area contributed by atoms with Crippen molar-refractivity contribution >= 4 is 39.9 Å². The number of hydrogen-bond acceptors (Lipinski definition) is 8. The number of urea groups is 1. The van der Waals surface area contributed by atoms with Gasteiger partial charge in [0, 0.05) is 55.3 Å². The van der Waals surface area contributed by atoms with Gasteiger partial charge in [0.25, 0.3) is 0 Å². The molecule has 5 heterocycles. The Balaban J connectivity index is 1.07. The topological polar surface area (TPSA) is 104 Å². The van der Waals surface area contributed by atoms with Crippen LogP contribution in [0.15, 0.2) is 54.7 Å². The van der Waals surface area contributed by atoms with Crippen LogP contribution in [0, 0.1) is 0 Å². The number of nitrogens with one attached hydrogen (secondary N) is 2. The van der Waals surface area contributed by atoms with Crippen molar-refractivity contribution in [3.63, 3.8) is 0 Å². The van der Waals surface area contributed by atoms with Crippen LogP contribution in [-0.4, -0.2) is 95.4 Å². The molecule has 2 atom stereocenters. The standard InChI is InChI=1S/C30H32F3N9O2/c1-39-10-12-40(13-11-39)22-8-6-21(7-9-22)36-29(43)35-20-4-2-19(3-5-20)26-37-27(41-16-24-14-23(41)17-44-24)25-15-34-42(28(25)38-26)18-30(31,32)33/h2-9,15,23-24H,10-14,16-18H2,1H3,(H2,35,36,43)/t23-,24-/m0/s1. The Morgan fingerprint density at radius 1 is 0.977 bits per heavy atom. The van der Waals surface area contributed by atoms with Gasteiger partial charge in [0.15, 0.2) is 11.5 Å². The Bertz CT molecular complexity index is 1650. The summed E-state index contributed by atoms with van der Waals surface area (Å²) in [7, 11) is 2.12. The Labute approximate surface area is 251 Å². The van der Waals surface area contributed by atoms with Crippen LogP contribution in [0.3, 0.4) is 0 Å². The van der Waals surface area contributed by atoms with Crippen LogP contribution in [0.5, 0.6) is 0 Å². The maximum atomic E-state index is 13.3. The van der Waals surface area contributed by atoms with Gasteiger partial charge in [-0.2, -0.15) is 18.3 Å². The SMILES string of the molecule is CN1CCN(c2ccc(NC(=O)Nc3ccc(-c4nc(N5C[C@@H]6C[C@H]5CO6)c5cnn(CC(F)(F)F)c5n4)cc3)cc2)CC1. The maximum absolute atomic E-state index is 13.3. The van der Waals surface area contributed by atoms with Gasteiger partial charge in [0.2, 0.25) is 0 Å². The van der Waals surface area contributed by atoms with E-state index in [0.29, 0.717) is 41.3 Å². The molecule has 14 heteroatoms. The molecule has 0 spiro atoms. The minimum Gasteiger partial charge on any atom is -0.374 e. The summed E-state index contributed by atoms with van der Waals surface area (Å²) in [6, 6.07) is 14.3. The summed E-state index contributed by atoms with van der Waals surface area (Å²) < 4.78 is 46.5. The van der Waals surface area contributed by atoms with Gasteiger partial charge in [-0.1, -0.05) is 0 Å². The van der Waals surface area contributed by atoms with E-state index in [-0.39, 0.29) is 23.6 Å². The van der Waals surface area contributed by atoms with Crippen LogP contribution < -0.4 is 20.4 Å². The first kappa shape index (κ1) is 28.3. The third-order valence-electron chi connectivity index (χ3n) is 8.37. The number of aromatic nitrogens is 4. The number of rotatable bonds is 6. The van der Waals surface area contributed by atoms with Crippen molar-refractivity contribution in [1.82, 2.24) is 24.6 Å². The molecule has 0 aliphatic carbocycles. The molecule has 3 aliphatic heterocycles. The second-order valence-electron chi connectivity index (χ2n) is 11.5. The van der Waals surface area contributed by atoms with E-state index in [2.05, 4.69) is 42.5 Å². The minimum atomic E-state index is -4.45. The number of piperazine rings is 1. The van der Waals surface area contributed by atoms with E-state index in [0.717, 1.165) is 43.0 Å². The lowest BCUT2D eigenvalue weighted by Gasteiger charge is -2.34. The lowest BCUT2D eigenvalue weighted by Crippen LogP contribution is -2.44. The fourth-order valence-electron chi connectivity index (χ4n) is 6.05. The van der Waals surface area contributed by atoms with Gasteiger partial charge in [-0.05, 0) is 62.0 Å². The number of morpholine rings is 1. The monoisotopic (exact) mass is 607 g/mol. The fourth-order valence-corrected chi connectivity index (χ4v) is 6.05. The van der Waals surface area contributed by atoms with Crippen LogP contribution in [0.25, 0.3) is 22.4 Å². The van der Waals surface area contributed by atoms with Gasteiger partial charge < -0.3 is 30.1 Å². The molecule has 0 radical (unpaired) electrons. The highest BCUT2D eigenvalue weighted by Crippen LogP contribution is 2.36. The van der Waals surface area contributed by atoms with Crippen molar-refractivity contribution < 1.29 is 22.7 Å². The second-order valence-corrected chi connectivity index (χ2v) is 11.5. The highest BCUT2D eigenvalue weighted by molar-refractivity contribution is 6.00. The molecular formula is C30H32F3N9O2. The zero-order chi connectivity index (χ0) is 30.4. The molecule has 2 N–H and O–H groups in total. The Kier molecular flexibility index (Phi) is 7.25. The number of likely N-dealkylation sites (N-methyl/N-ethyl adjacent to an activating group) is 1. The number of benzene rings is 2. The predicted octanol–water partition coefficient (Wildman–Crippen LogP) is 4.43. The normalized spacial score (nSPS) is 20.5. The van der Waals surface area contributed by atoms with E-state index in [1.165, 1.54) is 6.20 Å². The molecule has 11 nitrogen and oxygen atoms in total. The number of ether oxygens (including phenoxy) is 1. The Hall–Kier alpha value is -4.43. The molecule has 3 aliphatic rings. The molecule has 3 saturated heterocycles. The predicted molar refractivity (Wildman–Crippen MR) is 161 cm³/mol. The molecule has 2 aromatic heterocycles. The van der Waals surface area contributed by atoms with E-state index < -0.39 is 18.8 Å². The van der Waals surface area contributed by atoms with Crippen molar-refractivity contribution in [2.24, 2.45) is 0 Å². The van der Waals surface area contributed by atoms with Crippen molar-refractivity contribution in [2.75, 3.05) is 66.8 Å². The molecule has 44 heavy (non-hydrogen) atoms. The van der Waals surface area contributed by atoms with E-state index in [1.807, 2.05) is 24.3 Å². The smallest absolute Gasteiger partial charge is 0.374 e. The highest BCUT2D eigenvalue weighted by Gasteiger charge is 2.41. The van der Waals surface area contributed by atoms with E-state index in [1.54, 1.807) is 24.3 Å². The number of carbonyl (C=O) groups is 1. The fraction of sp³-hybridized carbons (Fsp3) is 0.400. The van der Waals surface area contributed by atoms with E-state index >= 15 is 0 Å². The average molecular weight is 608 g/mol. The Morgan fingerprint density at radius 2 is 1.66 bits per heavy atom. The molecule has 3 fully saturated rings. The number of alkyl halides is 3. The molecule has 2 bridgehead atoms. The van der Waals surface area contributed by atoms with Crippen molar-refractivity contribution in [3.8, 4) is 11.4 Å². The first-order valence-electron chi connectivity index (χ1n) is 14.6. The third kappa shape index (κ3) is 5.86. The summed E-state index contributed by atoms with van der Waals surface area (Å²) in [4.78, 5) is 28.7. The highest BCUT2D eigenvalue weighted by atomic mass is 19.4. The summed E-state index contributed by atoms with van der Waals surface area (Å²) >= 11 is 0. The van der Waals surface area contributed by atoms with Gasteiger partial charge in [0.05, 0.1) is 30.3 Å². The number of halogens is 3. The molecule has 7 rings (SSSR count). The van der Waals surface area contributed by atoms with E-state index in [4.69, 9.17) is 9.72 Å². The number of fused-ring (bicyclic) bond motifs is 3. The van der Waals surface area contributed by atoms with Gasteiger partial charge in [-0.3, -0.25) is 0 Å². The largest absolute Gasteiger partial charge is 0.408 e. The lowest BCUT2D eigenvalue weighted by molar-refractivity contribution is -0.141. The van der Waals surface area contributed by atoms with Gasteiger partial charge in [-0.25, -0.2) is 19.4 Å². The molecule has 2 aromatic carbocycles. The van der Waals surface area contributed by atoms with Crippen LogP contribution >= 0.6 is 0 Å². The van der Waals surface area contributed by atoms with Crippen molar-refractivity contribution in [1.29, 1.82) is 0 Å². The van der Waals surface area contributed by atoms with Crippen molar-refractivity contribution in [3.05, 3.63) is 54.7 Å². The summed E-state index contributed by atoms with van der Waals surface area (Å²) in [5.74, 6) is 0.825. The Morgan fingerprint density at radius 3 is 2.27 bits per heavy atom. The van der Waals surface area contributed by atoms with E-state index in [9.17, 15) is 18.0 Å². The van der Waals surface area contributed by atoms with Gasteiger partial charge in [-0.15, -0.1) is 0 Å². The van der Waals surface area contributed by atoms with Crippen LogP contribution in [-0.2, 0) is 11.3 Å². The minimum absolute atomic E-state index is 0.0741. The molecular weight excluding hydrogens is 575 g/mol. The van der Waals surface area contributed by atoms with Crippen LogP contribution in [0.2, 0.25) is 0 Å². The average Bonchev–Trinajstić information content (AvgIpc) is 3.74. The number of anilines is 4. The number of carbonyl (C=O) groups excluding carboxylic acids is 1. The lowest BCUT2D eigenvalue weighted by atomic mass is 10.2. The summed E-state index contributed by atoms with van der Waals surface area (Å²) in [6.07, 6.45) is -2.13. The van der Waals surface area contributed by atoms with Gasteiger partial charge in [0.1, 0.15) is 12.4 Å². The summed E-state index contributed by atoms with van der Waals surface area (Å²) in [6.45, 7) is 3.86. The first-order chi connectivity index (χ1) is 21.2. The zero-order valence-corrected chi connectivity index (χ0v) is 24.1. The number of amides is 2. The third-order valence-corrected chi connectivity index (χ3v) is 8.37. The maximum Gasteiger partial charge on any atom is 0.408 e. The molecule has 4 aromatic rings.